The number of anilines is 1. The van der Waals surface area contributed by atoms with E-state index < -0.39 is 11.9 Å². The number of halogens is 2. The van der Waals surface area contributed by atoms with Crippen molar-refractivity contribution >= 4 is 46.4 Å². The van der Waals surface area contributed by atoms with Crippen LogP contribution in [0.2, 0.25) is 10.0 Å². The first kappa shape index (κ1) is 16.3. The molecule has 3 rings (SSSR count). The highest BCUT2D eigenvalue weighted by atomic mass is 35.5. The van der Waals surface area contributed by atoms with Gasteiger partial charge in [0, 0.05) is 11.9 Å². The third-order valence-corrected chi connectivity index (χ3v) is 3.88. The molecular formula is C16H11Cl2N3O3. The molecule has 0 bridgehead atoms. The number of benzene rings is 1. The molecule has 8 heteroatoms. The Bertz CT molecular complexity index is 982. The predicted molar refractivity (Wildman–Crippen MR) is 91.3 cm³/mol. The first-order chi connectivity index (χ1) is 11.4. The second-order valence-corrected chi connectivity index (χ2v) is 5.93. The molecule has 0 fully saturated rings. The molecule has 2 heterocycles. The number of aryl methyl sites for hydroxylation is 1. The fourth-order valence-corrected chi connectivity index (χ4v) is 2.89. The van der Waals surface area contributed by atoms with Crippen molar-refractivity contribution in [2.45, 2.75) is 6.92 Å². The van der Waals surface area contributed by atoms with Gasteiger partial charge in [0.2, 0.25) is 0 Å². The number of carboxylic acids is 1. The Morgan fingerprint density at radius 2 is 2.00 bits per heavy atom. The molecule has 2 N–H and O–H groups in total. The molecule has 122 valence electrons. The normalized spacial score (nSPS) is 10.8. The number of imidazole rings is 1. The number of amides is 1. The molecule has 1 amide bonds. The number of aromatic carboxylic acids is 1. The minimum atomic E-state index is -1.07. The van der Waals surface area contributed by atoms with Gasteiger partial charge in [-0.3, -0.25) is 9.20 Å². The molecule has 6 nitrogen and oxygen atoms in total. The maximum atomic E-state index is 12.6. The van der Waals surface area contributed by atoms with Crippen LogP contribution in [0.4, 0.5) is 5.69 Å². The van der Waals surface area contributed by atoms with Crippen molar-refractivity contribution in [2.75, 3.05) is 5.32 Å². The number of fused-ring (bicyclic) bond motifs is 1. The summed E-state index contributed by atoms with van der Waals surface area (Å²) in [5.74, 6) is -1.52. The van der Waals surface area contributed by atoms with E-state index in [1.54, 1.807) is 31.3 Å². The average Bonchev–Trinajstić information content (AvgIpc) is 2.84. The Balaban J connectivity index is 2.02. The summed E-state index contributed by atoms with van der Waals surface area (Å²) in [6.45, 7) is 1.68. The largest absolute Gasteiger partial charge is 0.478 e. The molecule has 2 aromatic heterocycles. The molecule has 0 aliphatic rings. The summed E-state index contributed by atoms with van der Waals surface area (Å²) < 4.78 is 1.51. The Morgan fingerprint density at radius 1 is 1.25 bits per heavy atom. The van der Waals surface area contributed by atoms with Crippen LogP contribution in [0.1, 0.15) is 26.5 Å². The van der Waals surface area contributed by atoms with Crippen molar-refractivity contribution in [1.29, 1.82) is 0 Å². The number of aromatic nitrogens is 2. The van der Waals surface area contributed by atoms with Crippen molar-refractivity contribution in [2.24, 2.45) is 0 Å². The SMILES string of the molecule is Cc1nc2c(Cl)cc(Cl)cn2c1C(=O)Nc1cccc(C(=O)O)c1. The Kier molecular flexibility index (Phi) is 4.17. The van der Waals surface area contributed by atoms with E-state index in [9.17, 15) is 9.59 Å². The molecule has 0 aliphatic carbocycles. The van der Waals surface area contributed by atoms with Gasteiger partial charge in [0.1, 0.15) is 5.69 Å². The summed E-state index contributed by atoms with van der Waals surface area (Å²) in [5, 5.41) is 12.4. The van der Waals surface area contributed by atoms with Gasteiger partial charge >= 0.3 is 5.97 Å². The predicted octanol–water partition coefficient (Wildman–Crippen LogP) is 3.90. The number of nitrogens with zero attached hydrogens (tertiary/aromatic N) is 2. The van der Waals surface area contributed by atoms with Crippen LogP contribution >= 0.6 is 23.2 Å². The lowest BCUT2D eigenvalue weighted by Crippen LogP contribution is -2.16. The highest BCUT2D eigenvalue weighted by Gasteiger charge is 2.19. The third-order valence-electron chi connectivity index (χ3n) is 3.40. The minimum Gasteiger partial charge on any atom is -0.478 e. The topological polar surface area (TPSA) is 83.7 Å². The zero-order valence-corrected chi connectivity index (χ0v) is 13.9. The number of hydrogen-bond acceptors (Lipinski definition) is 3. The van der Waals surface area contributed by atoms with Crippen LogP contribution in [0.25, 0.3) is 5.65 Å². The monoisotopic (exact) mass is 363 g/mol. The number of hydrogen-bond donors (Lipinski definition) is 2. The van der Waals surface area contributed by atoms with Crippen LogP contribution in [0, 0.1) is 6.92 Å². The van der Waals surface area contributed by atoms with E-state index in [2.05, 4.69) is 10.3 Å². The highest BCUT2D eigenvalue weighted by Crippen LogP contribution is 2.25. The highest BCUT2D eigenvalue weighted by molar-refractivity contribution is 6.36. The standard InChI is InChI=1S/C16H11Cl2N3O3/c1-8-13(21-7-10(17)6-12(18)14(21)19-8)15(22)20-11-4-2-3-9(5-11)16(23)24/h2-7H,1H3,(H,20,22)(H,23,24). The number of carbonyl (C=O) groups is 2. The molecule has 0 spiro atoms. The van der Waals surface area contributed by atoms with Crippen molar-refractivity contribution in [1.82, 2.24) is 9.38 Å². The first-order valence-corrected chi connectivity index (χ1v) is 7.61. The quantitative estimate of drug-likeness (QED) is 0.738. The fraction of sp³-hybridized carbons (Fsp3) is 0.0625. The van der Waals surface area contributed by atoms with Gasteiger partial charge in [-0.15, -0.1) is 0 Å². The molecule has 1 aromatic carbocycles. The van der Waals surface area contributed by atoms with Crippen molar-refractivity contribution in [3.8, 4) is 0 Å². The van der Waals surface area contributed by atoms with Gasteiger partial charge in [-0.2, -0.15) is 0 Å². The number of nitrogens with one attached hydrogen (secondary N) is 1. The lowest BCUT2D eigenvalue weighted by Gasteiger charge is -2.07. The van der Waals surface area contributed by atoms with E-state index in [4.69, 9.17) is 28.3 Å². The molecule has 0 unspecified atom stereocenters. The first-order valence-electron chi connectivity index (χ1n) is 6.85. The molecule has 0 saturated carbocycles. The maximum absolute atomic E-state index is 12.6. The Labute approximate surface area is 146 Å². The second kappa shape index (κ2) is 6.14. The fourth-order valence-electron chi connectivity index (χ4n) is 2.38. The summed E-state index contributed by atoms with van der Waals surface area (Å²) in [5.41, 5.74) is 1.61. The summed E-state index contributed by atoms with van der Waals surface area (Å²) in [6, 6.07) is 7.51. The van der Waals surface area contributed by atoms with Crippen LogP contribution in [0.5, 0.6) is 0 Å². The van der Waals surface area contributed by atoms with Gasteiger partial charge in [0.05, 0.1) is 21.3 Å². The van der Waals surface area contributed by atoms with Gasteiger partial charge in [0.25, 0.3) is 5.91 Å². The second-order valence-electron chi connectivity index (χ2n) is 5.09. The van der Waals surface area contributed by atoms with Crippen LogP contribution in [0.3, 0.4) is 0 Å². The lowest BCUT2D eigenvalue weighted by atomic mass is 10.2. The van der Waals surface area contributed by atoms with Gasteiger partial charge < -0.3 is 10.4 Å². The van der Waals surface area contributed by atoms with E-state index in [0.717, 1.165) is 0 Å². The van der Waals surface area contributed by atoms with Gasteiger partial charge in [-0.1, -0.05) is 29.3 Å². The molecule has 0 radical (unpaired) electrons. The Hall–Kier alpha value is -2.57. The number of pyridine rings is 1. The number of carbonyl (C=O) groups excluding carboxylic acids is 1. The van der Waals surface area contributed by atoms with Crippen LogP contribution in [-0.2, 0) is 0 Å². The lowest BCUT2D eigenvalue weighted by molar-refractivity contribution is 0.0696. The van der Waals surface area contributed by atoms with Gasteiger partial charge in [-0.05, 0) is 31.2 Å². The number of rotatable bonds is 3. The third kappa shape index (κ3) is 2.93. The molecule has 24 heavy (non-hydrogen) atoms. The van der Waals surface area contributed by atoms with Crippen molar-refractivity contribution in [3.63, 3.8) is 0 Å². The summed E-state index contributed by atoms with van der Waals surface area (Å²) >= 11 is 12.1. The molecule has 0 aliphatic heterocycles. The van der Waals surface area contributed by atoms with E-state index in [-0.39, 0.29) is 11.3 Å². The zero-order chi connectivity index (χ0) is 17.4. The van der Waals surface area contributed by atoms with Crippen LogP contribution in [0.15, 0.2) is 36.5 Å². The number of carboxylic acid groups (broad SMARTS) is 1. The molecule has 3 aromatic rings. The van der Waals surface area contributed by atoms with E-state index >= 15 is 0 Å². The van der Waals surface area contributed by atoms with Gasteiger partial charge in [0.15, 0.2) is 5.65 Å². The smallest absolute Gasteiger partial charge is 0.335 e. The van der Waals surface area contributed by atoms with Crippen LogP contribution in [-0.4, -0.2) is 26.4 Å². The summed E-state index contributed by atoms with van der Waals surface area (Å²) in [4.78, 5) is 27.9. The summed E-state index contributed by atoms with van der Waals surface area (Å²) in [6.07, 6.45) is 1.55. The molecule has 0 saturated heterocycles. The zero-order valence-electron chi connectivity index (χ0n) is 12.4. The van der Waals surface area contributed by atoms with E-state index in [0.29, 0.717) is 27.1 Å². The van der Waals surface area contributed by atoms with Crippen LogP contribution < -0.4 is 5.32 Å². The summed E-state index contributed by atoms with van der Waals surface area (Å²) in [7, 11) is 0. The molecule has 0 atom stereocenters. The Morgan fingerprint density at radius 3 is 2.71 bits per heavy atom. The maximum Gasteiger partial charge on any atom is 0.335 e. The molecular weight excluding hydrogens is 353 g/mol. The van der Waals surface area contributed by atoms with Crippen molar-refractivity contribution < 1.29 is 14.7 Å². The average molecular weight is 364 g/mol. The van der Waals surface area contributed by atoms with E-state index in [1.165, 1.54) is 16.5 Å². The van der Waals surface area contributed by atoms with Gasteiger partial charge in [-0.25, -0.2) is 9.78 Å². The van der Waals surface area contributed by atoms with Crippen molar-refractivity contribution in [3.05, 3.63) is 63.5 Å². The van der Waals surface area contributed by atoms with E-state index in [1.807, 2.05) is 0 Å². The minimum absolute atomic E-state index is 0.0775.